The summed E-state index contributed by atoms with van der Waals surface area (Å²) in [6, 6.07) is 15.8. The van der Waals surface area contributed by atoms with Crippen molar-refractivity contribution in [2.45, 2.75) is 25.9 Å². The Kier molecular flexibility index (Phi) is 7.79. The number of guanidine groups is 1. The maximum Gasteiger partial charge on any atom is 0.411 e. The van der Waals surface area contributed by atoms with E-state index in [1.165, 1.54) is 7.11 Å². The van der Waals surface area contributed by atoms with Gasteiger partial charge in [-0.2, -0.15) is 0 Å². The van der Waals surface area contributed by atoms with Crippen molar-refractivity contribution in [3.05, 3.63) is 59.1 Å². The first-order chi connectivity index (χ1) is 14.6. The number of aliphatic imine (C=N–C) groups is 1. The SMILES string of the molecule is CCNC(=NCc1ccc(NC(=O)OC)cc1)NC1CCN(c2cccc(Cl)c2)C1. The van der Waals surface area contributed by atoms with Crippen LogP contribution in [0.2, 0.25) is 5.02 Å². The fourth-order valence-corrected chi connectivity index (χ4v) is 3.52. The Morgan fingerprint density at radius 1 is 1.27 bits per heavy atom. The van der Waals surface area contributed by atoms with Crippen molar-refractivity contribution in [1.82, 2.24) is 10.6 Å². The number of methoxy groups -OCH3 is 1. The van der Waals surface area contributed by atoms with Crippen LogP contribution in [0.5, 0.6) is 0 Å². The summed E-state index contributed by atoms with van der Waals surface area (Å²) in [4.78, 5) is 18.3. The second kappa shape index (κ2) is 10.7. The zero-order valence-electron chi connectivity index (χ0n) is 17.3. The molecular formula is C22H28ClN5O2. The molecule has 3 N–H and O–H groups in total. The number of ether oxygens (including phenoxy) is 1. The molecule has 3 rings (SSSR count). The summed E-state index contributed by atoms with van der Waals surface area (Å²) in [5, 5.41) is 10.2. The number of benzene rings is 2. The molecule has 0 bridgehead atoms. The third-order valence-corrected chi connectivity index (χ3v) is 5.09. The molecule has 1 heterocycles. The molecule has 1 saturated heterocycles. The molecule has 1 fully saturated rings. The van der Waals surface area contributed by atoms with E-state index in [9.17, 15) is 4.79 Å². The third-order valence-electron chi connectivity index (χ3n) is 4.85. The Labute approximate surface area is 182 Å². The molecule has 1 amide bonds. The predicted octanol–water partition coefficient (Wildman–Crippen LogP) is 3.85. The molecule has 8 heteroatoms. The summed E-state index contributed by atoms with van der Waals surface area (Å²) in [5.41, 5.74) is 2.88. The van der Waals surface area contributed by atoms with E-state index in [1.807, 2.05) is 42.5 Å². The highest BCUT2D eigenvalue weighted by atomic mass is 35.5. The minimum absolute atomic E-state index is 0.313. The number of halogens is 1. The van der Waals surface area contributed by atoms with Crippen LogP contribution >= 0.6 is 11.6 Å². The fourth-order valence-electron chi connectivity index (χ4n) is 3.33. The van der Waals surface area contributed by atoms with Crippen molar-refractivity contribution >= 4 is 35.0 Å². The van der Waals surface area contributed by atoms with Crippen LogP contribution in [0.25, 0.3) is 0 Å². The quantitative estimate of drug-likeness (QED) is 0.480. The lowest BCUT2D eigenvalue weighted by Crippen LogP contribution is -2.44. The largest absolute Gasteiger partial charge is 0.453 e. The van der Waals surface area contributed by atoms with Crippen LogP contribution in [0.15, 0.2) is 53.5 Å². The lowest BCUT2D eigenvalue weighted by Gasteiger charge is -2.20. The average molecular weight is 430 g/mol. The molecule has 30 heavy (non-hydrogen) atoms. The summed E-state index contributed by atoms with van der Waals surface area (Å²) in [6.45, 7) is 5.26. The van der Waals surface area contributed by atoms with Gasteiger partial charge in [0, 0.05) is 42.1 Å². The number of rotatable bonds is 6. The molecule has 160 valence electrons. The van der Waals surface area contributed by atoms with Gasteiger partial charge in [-0.15, -0.1) is 0 Å². The number of amides is 1. The topological polar surface area (TPSA) is 78.0 Å². The Morgan fingerprint density at radius 3 is 2.77 bits per heavy atom. The van der Waals surface area contributed by atoms with E-state index < -0.39 is 6.09 Å². The molecule has 2 aromatic rings. The normalized spacial score (nSPS) is 16.3. The zero-order valence-corrected chi connectivity index (χ0v) is 18.1. The number of carbonyl (C=O) groups is 1. The molecule has 1 unspecified atom stereocenters. The van der Waals surface area contributed by atoms with Gasteiger partial charge >= 0.3 is 6.09 Å². The molecule has 1 atom stereocenters. The lowest BCUT2D eigenvalue weighted by molar-refractivity contribution is 0.187. The minimum atomic E-state index is -0.484. The highest BCUT2D eigenvalue weighted by Gasteiger charge is 2.23. The number of nitrogens with zero attached hydrogens (tertiary/aromatic N) is 2. The molecule has 0 spiro atoms. The first-order valence-corrected chi connectivity index (χ1v) is 10.4. The molecule has 0 saturated carbocycles. The van der Waals surface area contributed by atoms with E-state index in [4.69, 9.17) is 16.6 Å². The summed E-state index contributed by atoms with van der Waals surface area (Å²) >= 11 is 6.13. The fraction of sp³-hybridized carbons (Fsp3) is 0.364. The number of anilines is 2. The smallest absolute Gasteiger partial charge is 0.411 e. The maximum absolute atomic E-state index is 11.3. The Morgan fingerprint density at radius 2 is 2.07 bits per heavy atom. The number of hydrogen-bond acceptors (Lipinski definition) is 4. The van der Waals surface area contributed by atoms with Crippen LogP contribution in [-0.4, -0.2) is 44.8 Å². The summed E-state index contributed by atoms with van der Waals surface area (Å²) in [5.74, 6) is 0.798. The Hall–Kier alpha value is -2.93. The van der Waals surface area contributed by atoms with Crippen molar-refractivity contribution in [1.29, 1.82) is 0 Å². The molecule has 0 radical (unpaired) electrons. The van der Waals surface area contributed by atoms with Crippen molar-refractivity contribution in [3.8, 4) is 0 Å². The average Bonchev–Trinajstić information content (AvgIpc) is 3.22. The lowest BCUT2D eigenvalue weighted by atomic mass is 10.2. The van der Waals surface area contributed by atoms with E-state index in [2.05, 4.69) is 38.6 Å². The van der Waals surface area contributed by atoms with Crippen LogP contribution in [0, 0.1) is 0 Å². The summed E-state index contributed by atoms with van der Waals surface area (Å²) < 4.78 is 4.60. The Bertz CT molecular complexity index is 872. The summed E-state index contributed by atoms with van der Waals surface area (Å²) in [7, 11) is 1.34. The zero-order chi connectivity index (χ0) is 21.3. The van der Waals surface area contributed by atoms with Crippen LogP contribution < -0.4 is 20.9 Å². The highest BCUT2D eigenvalue weighted by Crippen LogP contribution is 2.23. The first-order valence-electron chi connectivity index (χ1n) is 10.1. The van der Waals surface area contributed by atoms with E-state index in [1.54, 1.807) is 0 Å². The van der Waals surface area contributed by atoms with Gasteiger partial charge in [0.2, 0.25) is 0 Å². The van der Waals surface area contributed by atoms with Crippen LogP contribution in [0.4, 0.5) is 16.2 Å². The first kappa shape index (κ1) is 21.8. The summed E-state index contributed by atoms with van der Waals surface area (Å²) in [6.07, 6.45) is 0.549. The van der Waals surface area contributed by atoms with Gasteiger partial charge in [0.1, 0.15) is 0 Å². The molecule has 0 aromatic heterocycles. The number of nitrogens with one attached hydrogen (secondary N) is 3. The number of carbonyl (C=O) groups excluding carboxylic acids is 1. The second-order valence-corrected chi connectivity index (χ2v) is 7.50. The number of hydrogen-bond donors (Lipinski definition) is 3. The van der Waals surface area contributed by atoms with Gasteiger partial charge in [0.15, 0.2) is 5.96 Å². The van der Waals surface area contributed by atoms with Gasteiger partial charge in [0.25, 0.3) is 0 Å². The van der Waals surface area contributed by atoms with Gasteiger partial charge in [0.05, 0.1) is 13.7 Å². The van der Waals surface area contributed by atoms with Crippen LogP contribution in [0.1, 0.15) is 18.9 Å². The Balaban J connectivity index is 1.56. The van der Waals surface area contributed by atoms with E-state index in [0.717, 1.165) is 48.3 Å². The van der Waals surface area contributed by atoms with Crippen molar-refractivity contribution in [3.63, 3.8) is 0 Å². The highest BCUT2D eigenvalue weighted by molar-refractivity contribution is 6.30. The molecule has 1 aliphatic rings. The van der Waals surface area contributed by atoms with Gasteiger partial charge in [-0.25, -0.2) is 9.79 Å². The van der Waals surface area contributed by atoms with Gasteiger partial charge in [-0.3, -0.25) is 5.32 Å². The monoisotopic (exact) mass is 429 g/mol. The molecule has 2 aromatic carbocycles. The molecule has 1 aliphatic heterocycles. The van der Waals surface area contributed by atoms with Crippen molar-refractivity contribution in [2.75, 3.05) is 37.0 Å². The molecule has 7 nitrogen and oxygen atoms in total. The van der Waals surface area contributed by atoms with Crippen molar-refractivity contribution < 1.29 is 9.53 Å². The maximum atomic E-state index is 11.3. The van der Waals surface area contributed by atoms with E-state index in [0.29, 0.717) is 18.3 Å². The second-order valence-electron chi connectivity index (χ2n) is 7.06. The van der Waals surface area contributed by atoms with Crippen LogP contribution in [0.3, 0.4) is 0 Å². The van der Waals surface area contributed by atoms with Gasteiger partial charge < -0.3 is 20.3 Å². The third kappa shape index (κ3) is 6.29. The molecule has 0 aliphatic carbocycles. The predicted molar refractivity (Wildman–Crippen MR) is 122 cm³/mol. The standard InChI is InChI=1S/C22H28ClN5O2/c1-3-24-21(25-14-16-7-9-18(10-8-16)27-22(29)30-2)26-19-11-12-28(15-19)20-6-4-5-17(23)13-20/h4-10,13,19H,3,11-12,14-15H2,1-2H3,(H,27,29)(H2,24,25,26). The van der Waals surface area contributed by atoms with E-state index >= 15 is 0 Å². The van der Waals surface area contributed by atoms with Gasteiger partial charge in [-0.05, 0) is 49.2 Å². The molecular weight excluding hydrogens is 402 g/mol. The van der Waals surface area contributed by atoms with Gasteiger partial charge in [-0.1, -0.05) is 29.8 Å². The minimum Gasteiger partial charge on any atom is -0.453 e. The van der Waals surface area contributed by atoms with E-state index in [-0.39, 0.29) is 0 Å². The van der Waals surface area contributed by atoms with Crippen LogP contribution in [-0.2, 0) is 11.3 Å². The van der Waals surface area contributed by atoms with Crippen molar-refractivity contribution in [2.24, 2.45) is 4.99 Å².